The molecule has 1 aliphatic rings. The fraction of sp³-hybridized carbons (Fsp3) is 0.312. The maximum absolute atomic E-state index is 12.5. The number of ether oxygens (including phenoxy) is 3. The molecular weight excluding hydrogens is 414 g/mol. The highest BCUT2D eigenvalue weighted by Gasteiger charge is 2.41. The lowest BCUT2D eigenvalue weighted by Crippen LogP contribution is -2.42. The van der Waals surface area contributed by atoms with Crippen molar-refractivity contribution in [2.45, 2.75) is 13.0 Å². The number of thioether (sulfide) groups is 1. The zero-order valence-electron chi connectivity index (χ0n) is 14.0. The molecule has 1 fully saturated rings. The smallest absolute Gasteiger partial charge is 0.328 e. The van der Waals surface area contributed by atoms with Gasteiger partial charge in [0, 0.05) is 0 Å². The van der Waals surface area contributed by atoms with Crippen LogP contribution in [0.4, 0.5) is 4.79 Å². The lowest BCUT2D eigenvalue weighted by atomic mass is 10.1. The third-order valence-corrected chi connectivity index (χ3v) is 4.98. The third kappa shape index (κ3) is 3.82. The molecule has 1 aromatic carbocycles. The number of rotatable bonds is 5. The summed E-state index contributed by atoms with van der Waals surface area (Å²) in [7, 11) is 4.22. The van der Waals surface area contributed by atoms with Gasteiger partial charge in [0.05, 0.1) is 30.7 Å². The number of methoxy groups -OCH3 is 3. The van der Waals surface area contributed by atoms with Gasteiger partial charge in [0.1, 0.15) is 6.04 Å². The number of amides is 2. The fourth-order valence-corrected chi connectivity index (χ4v) is 3.79. The van der Waals surface area contributed by atoms with Gasteiger partial charge in [0.25, 0.3) is 11.1 Å². The topological polar surface area (TPSA) is 82.1 Å². The van der Waals surface area contributed by atoms with Crippen LogP contribution in [-0.4, -0.2) is 49.4 Å². The quantitative estimate of drug-likeness (QED) is 0.525. The molecule has 0 saturated carbocycles. The van der Waals surface area contributed by atoms with Gasteiger partial charge in [-0.15, -0.1) is 0 Å². The van der Waals surface area contributed by atoms with Crippen molar-refractivity contribution < 1.29 is 28.6 Å². The van der Waals surface area contributed by atoms with E-state index < -0.39 is 23.2 Å². The SMILES string of the molecule is COC(=O)[C@H](C)N1C(=O)S/C(=C\c2cc(Br)c(OC)c(OC)c2)C1=O. The van der Waals surface area contributed by atoms with E-state index in [9.17, 15) is 14.4 Å². The Hall–Kier alpha value is -2.00. The highest BCUT2D eigenvalue weighted by molar-refractivity contribution is 9.10. The number of hydrogen-bond donors (Lipinski definition) is 0. The summed E-state index contributed by atoms with van der Waals surface area (Å²) in [6, 6.07) is 2.43. The van der Waals surface area contributed by atoms with Crippen LogP contribution in [-0.2, 0) is 14.3 Å². The van der Waals surface area contributed by atoms with E-state index in [1.54, 1.807) is 18.2 Å². The van der Waals surface area contributed by atoms with Crippen LogP contribution < -0.4 is 9.47 Å². The maximum Gasteiger partial charge on any atom is 0.328 e. The summed E-state index contributed by atoms with van der Waals surface area (Å²) in [4.78, 5) is 37.3. The minimum absolute atomic E-state index is 0.208. The number of imide groups is 1. The molecule has 0 spiro atoms. The predicted molar refractivity (Wildman–Crippen MR) is 96.5 cm³/mol. The number of hydrogen-bond acceptors (Lipinski definition) is 7. The Bertz CT molecular complexity index is 763. The molecule has 1 atom stereocenters. The normalized spacial score (nSPS) is 17.0. The van der Waals surface area contributed by atoms with Crippen LogP contribution >= 0.6 is 27.7 Å². The zero-order valence-corrected chi connectivity index (χ0v) is 16.4. The first kappa shape index (κ1) is 19.3. The standard InChI is InChI=1S/C16H16BrNO6S/c1-8(15(20)24-4)18-14(19)12(25-16(18)21)7-9-5-10(17)13(23-3)11(6-9)22-2/h5-8H,1-4H3/b12-7-/t8-/m0/s1. The van der Waals surface area contributed by atoms with Crippen LogP contribution in [0.25, 0.3) is 6.08 Å². The molecule has 25 heavy (non-hydrogen) atoms. The zero-order chi connectivity index (χ0) is 18.7. The van der Waals surface area contributed by atoms with E-state index >= 15 is 0 Å². The van der Waals surface area contributed by atoms with E-state index in [0.717, 1.165) is 16.7 Å². The molecule has 9 heteroatoms. The van der Waals surface area contributed by atoms with Crippen LogP contribution in [0.1, 0.15) is 12.5 Å². The lowest BCUT2D eigenvalue weighted by Gasteiger charge is -2.18. The van der Waals surface area contributed by atoms with Gasteiger partial charge < -0.3 is 14.2 Å². The minimum Gasteiger partial charge on any atom is -0.493 e. The van der Waals surface area contributed by atoms with E-state index in [0.29, 0.717) is 21.5 Å². The first-order chi connectivity index (χ1) is 11.8. The molecule has 0 N–H and O–H groups in total. The van der Waals surface area contributed by atoms with Crippen molar-refractivity contribution in [1.29, 1.82) is 0 Å². The van der Waals surface area contributed by atoms with Crippen molar-refractivity contribution in [3.05, 3.63) is 27.1 Å². The molecule has 0 unspecified atom stereocenters. The van der Waals surface area contributed by atoms with Crippen molar-refractivity contribution in [2.75, 3.05) is 21.3 Å². The average molecular weight is 430 g/mol. The summed E-state index contributed by atoms with van der Waals surface area (Å²) in [6.45, 7) is 1.44. The molecule has 0 aliphatic carbocycles. The largest absolute Gasteiger partial charge is 0.493 e. The Morgan fingerprint density at radius 2 is 1.92 bits per heavy atom. The molecule has 134 valence electrons. The average Bonchev–Trinajstić information content (AvgIpc) is 2.86. The summed E-state index contributed by atoms with van der Waals surface area (Å²) in [5, 5.41) is -0.520. The van der Waals surface area contributed by atoms with Crippen molar-refractivity contribution in [3.63, 3.8) is 0 Å². The molecule has 1 aliphatic heterocycles. The Morgan fingerprint density at radius 1 is 1.24 bits per heavy atom. The molecule has 2 amide bonds. The third-order valence-electron chi connectivity index (χ3n) is 3.51. The van der Waals surface area contributed by atoms with Gasteiger partial charge in [0.15, 0.2) is 11.5 Å². The molecule has 0 radical (unpaired) electrons. The van der Waals surface area contributed by atoms with E-state index in [4.69, 9.17) is 9.47 Å². The molecular formula is C16H16BrNO6S. The van der Waals surface area contributed by atoms with Crippen molar-refractivity contribution in [1.82, 2.24) is 4.90 Å². The van der Waals surface area contributed by atoms with Gasteiger partial charge in [-0.3, -0.25) is 14.5 Å². The molecule has 1 heterocycles. The van der Waals surface area contributed by atoms with Crippen LogP contribution in [0, 0.1) is 0 Å². The van der Waals surface area contributed by atoms with Crippen LogP contribution in [0.3, 0.4) is 0 Å². The molecule has 7 nitrogen and oxygen atoms in total. The second-order valence-corrected chi connectivity index (χ2v) is 6.84. The van der Waals surface area contributed by atoms with Gasteiger partial charge >= 0.3 is 5.97 Å². The fourth-order valence-electron chi connectivity index (χ4n) is 2.26. The second kappa shape index (κ2) is 7.92. The van der Waals surface area contributed by atoms with Gasteiger partial charge in [-0.2, -0.15) is 0 Å². The molecule has 2 rings (SSSR count). The van der Waals surface area contributed by atoms with E-state index in [2.05, 4.69) is 20.7 Å². The van der Waals surface area contributed by atoms with Crippen molar-refractivity contribution in [2.24, 2.45) is 0 Å². The molecule has 0 aromatic heterocycles. The lowest BCUT2D eigenvalue weighted by molar-refractivity contribution is -0.148. The number of benzene rings is 1. The first-order valence-electron chi connectivity index (χ1n) is 7.10. The number of carbonyl (C=O) groups excluding carboxylic acids is 3. The molecule has 1 aromatic rings. The highest BCUT2D eigenvalue weighted by atomic mass is 79.9. The number of halogens is 1. The van der Waals surface area contributed by atoms with Crippen LogP contribution in [0.2, 0.25) is 0 Å². The van der Waals surface area contributed by atoms with Gasteiger partial charge in [-0.05, 0) is 58.4 Å². The summed E-state index contributed by atoms with van der Waals surface area (Å²) in [5.41, 5.74) is 0.640. The van der Waals surface area contributed by atoms with Crippen LogP contribution in [0.5, 0.6) is 11.5 Å². The second-order valence-electron chi connectivity index (χ2n) is 4.99. The summed E-state index contributed by atoms with van der Waals surface area (Å²) >= 11 is 4.14. The van der Waals surface area contributed by atoms with Gasteiger partial charge in [0.2, 0.25) is 0 Å². The minimum atomic E-state index is -0.986. The highest BCUT2D eigenvalue weighted by Crippen LogP contribution is 2.39. The monoisotopic (exact) mass is 429 g/mol. The van der Waals surface area contributed by atoms with Crippen LogP contribution in [0.15, 0.2) is 21.5 Å². The summed E-state index contributed by atoms with van der Waals surface area (Å²) < 4.78 is 15.7. The molecule has 0 bridgehead atoms. The van der Waals surface area contributed by atoms with E-state index in [1.165, 1.54) is 28.3 Å². The summed E-state index contributed by atoms with van der Waals surface area (Å²) in [5.74, 6) is -0.200. The number of nitrogens with zero attached hydrogens (tertiary/aromatic N) is 1. The van der Waals surface area contributed by atoms with E-state index in [-0.39, 0.29) is 4.91 Å². The predicted octanol–water partition coefficient (Wildman–Crippen LogP) is 3.06. The maximum atomic E-state index is 12.5. The number of esters is 1. The van der Waals surface area contributed by atoms with E-state index in [1.807, 2.05) is 0 Å². The Kier molecular flexibility index (Phi) is 6.12. The Labute approximate surface area is 157 Å². The molecule has 1 saturated heterocycles. The summed E-state index contributed by atoms with van der Waals surface area (Å²) in [6.07, 6.45) is 1.56. The van der Waals surface area contributed by atoms with Gasteiger partial charge in [-0.25, -0.2) is 4.79 Å². The number of carbonyl (C=O) groups is 3. The van der Waals surface area contributed by atoms with Gasteiger partial charge in [-0.1, -0.05) is 0 Å². The Balaban J connectivity index is 2.37. The Morgan fingerprint density at radius 3 is 2.48 bits per heavy atom. The first-order valence-corrected chi connectivity index (χ1v) is 8.71. The van der Waals surface area contributed by atoms with Crippen molar-refractivity contribution in [3.8, 4) is 11.5 Å². The van der Waals surface area contributed by atoms with Crippen molar-refractivity contribution >= 4 is 50.9 Å².